The number of hydrogen-bond acceptors (Lipinski definition) is 3. The molecule has 0 spiro atoms. The minimum atomic E-state index is -0.736. The van der Waals surface area contributed by atoms with Crippen LogP contribution in [-0.4, -0.2) is 46.5 Å². The lowest BCUT2D eigenvalue weighted by atomic mass is 9.80. The second-order valence-corrected chi connectivity index (χ2v) is 6.59. The van der Waals surface area contributed by atoms with Crippen LogP contribution in [0.2, 0.25) is 0 Å². The van der Waals surface area contributed by atoms with Crippen molar-refractivity contribution >= 4 is 23.6 Å². The first-order chi connectivity index (χ1) is 9.13. The molecule has 1 N–H and O–H groups in total. The third-order valence-electron chi connectivity index (χ3n) is 4.39. The molecule has 1 heterocycles. The first-order valence-corrected chi connectivity index (χ1v) is 8.55. The van der Waals surface area contributed by atoms with Gasteiger partial charge in [-0.1, -0.05) is 6.42 Å². The molecule has 3 unspecified atom stereocenters. The molecule has 108 valence electrons. The van der Waals surface area contributed by atoms with Crippen LogP contribution in [0.25, 0.3) is 0 Å². The van der Waals surface area contributed by atoms with E-state index in [1.807, 2.05) is 4.90 Å². The minimum absolute atomic E-state index is 0.0580. The summed E-state index contributed by atoms with van der Waals surface area (Å²) < 4.78 is 0. The van der Waals surface area contributed by atoms with Gasteiger partial charge in [-0.2, -0.15) is 11.8 Å². The zero-order chi connectivity index (χ0) is 13.8. The summed E-state index contributed by atoms with van der Waals surface area (Å²) >= 11 is 1.78. The van der Waals surface area contributed by atoms with E-state index in [9.17, 15) is 9.59 Å². The van der Waals surface area contributed by atoms with E-state index in [0.717, 1.165) is 44.4 Å². The van der Waals surface area contributed by atoms with Gasteiger partial charge in [-0.05, 0) is 38.4 Å². The van der Waals surface area contributed by atoms with Crippen LogP contribution in [0.5, 0.6) is 0 Å². The van der Waals surface area contributed by atoms with Crippen molar-refractivity contribution in [3.8, 4) is 0 Å². The van der Waals surface area contributed by atoms with Gasteiger partial charge in [0, 0.05) is 24.3 Å². The number of thioether (sulfide) groups is 1. The predicted octanol–water partition coefficient (Wildman–Crippen LogP) is 2.23. The Bertz CT molecular complexity index is 348. The smallest absolute Gasteiger partial charge is 0.306 e. The molecule has 2 fully saturated rings. The molecule has 3 atom stereocenters. The van der Waals surface area contributed by atoms with Crippen LogP contribution in [0.3, 0.4) is 0 Å². The van der Waals surface area contributed by atoms with Gasteiger partial charge in [0.2, 0.25) is 5.91 Å². The number of likely N-dealkylation sites (tertiary alicyclic amines) is 1. The van der Waals surface area contributed by atoms with Gasteiger partial charge in [0.25, 0.3) is 0 Å². The highest BCUT2D eigenvalue weighted by molar-refractivity contribution is 7.98. The minimum Gasteiger partial charge on any atom is -0.481 e. The number of carbonyl (C=O) groups is 2. The van der Waals surface area contributed by atoms with Crippen LogP contribution in [0.4, 0.5) is 0 Å². The third kappa shape index (κ3) is 3.44. The second kappa shape index (κ2) is 6.64. The van der Waals surface area contributed by atoms with Crippen LogP contribution < -0.4 is 0 Å². The van der Waals surface area contributed by atoms with E-state index >= 15 is 0 Å². The van der Waals surface area contributed by atoms with Gasteiger partial charge in [0.15, 0.2) is 0 Å². The third-order valence-corrected chi connectivity index (χ3v) is 5.11. The van der Waals surface area contributed by atoms with Crippen LogP contribution in [-0.2, 0) is 9.59 Å². The van der Waals surface area contributed by atoms with Gasteiger partial charge < -0.3 is 10.0 Å². The lowest BCUT2D eigenvalue weighted by molar-refractivity contribution is -0.145. The summed E-state index contributed by atoms with van der Waals surface area (Å²) in [6, 6.07) is 0.368. The molecule has 0 aromatic heterocycles. The number of nitrogens with zero attached hydrogens (tertiary/aromatic N) is 1. The highest BCUT2D eigenvalue weighted by Crippen LogP contribution is 2.32. The quantitative estimate of drug-likeness (QED) is 0.860. The summed E-state index contributed by atoms with van der Waals surface area (Å²) in [6.07, 6.45) is 7.26. The highest BCUT2D eigenvalue weighted by atomic mass is 32.2. The molecule has 0 bridgehead atoms. The molecule has 2 aliphatic rings. The normalized spacial score (nSPS) is 31.4. The summed E-state index contributed by atoms with van der Waals surface area (Å²) in [7, 11) is 0. The van der Waals surface area contributed by atoms with E-state index in [-0.39, 0.29) is 17.7 Å². The fraction of sp³-hybridized carbons (Fsp3) is 0.857. The monoisotopic (exact) mass is 285 g/mol. The summed E-state index contributed by atoms with van der Waals surface area (Å²) in [5.41, 5.74) is 0. The van der Waals surface area contributed by atoms with Crippen molar-refractivity contribution in [1.82, 2.24) is 4.90 Å². The molecule has 1 aliphatic carbocycles. The Labute approximate surface area is 118 Å². The molecule has 1 aliphatic heterocycles. The Morgan fingerprint density at radius 1 is 1.21 bits per heavy atom. The van der Waals surface area contributed by atoms with E-state index in [1.54, 1.807) is 11.8 Å². The number of carbonyl (C=O) groups excluding carboxylic acids is 1. The SMILES string of the molecule is CSCC1CCCN1C(=O)C1CCCC(C(=O)O)C1. The molecule has 0 aromatic carbocycles. The topological polar surface area (TPSA) is 57.6 Å². The van der Waals surface area contributed by atoms with Crippen LogP contribution in [0.1, 0.15) is 38.5 Å². The van der Waals surface area contributed by atoms with Crippen molar-refractivity contribution in [2.75, 3.05) is 18.6 Å². The van der Waals surface area contributed by atoms with Crippen LogP contribution >= 0.6 is 11.8 Å². The Kier molecular flexibility index (Phi) is 5.13. The van der Waals surface area contributed by atoms with Crippen molar-refractivity contribution in [2.24, 2.45) is 11.8 Å². The standard InChI is InChI=1S/C14H23NO3S/c1-19-9-12-6-3-7-15(12)13(16)10-4-2-5-11(8-10)14(17)18/h10-12H,2-9H2,1H3,(H,17,18). The van der Waals surface area contributed by atoms with Gasteiger partial charge in [0.1, 0.15) is 0 Å². The molecule has 1 saturated carbocycles. The van der Waals surface area contributed by atoms with Crippen molar-refractivity contribution < 1.29 is 14.7 Å². The maximum atomic E-state index is 12.6. The average Bonchev–Trinajstić information content (AvgIpc) is 2.86. The van der Waals surface area contributed by atoms with Gasteiger partial charge in [-0.3, -0.25) is 9.59 Å². The van der Waals surface area contributed by atoms with E-state index in [2.05, 4.69) is 6.26 Å². The lowest BCUT2D eigenvalue weighted by Crippen LogP contribution is -2.42. The number of aliphatic carboxylic acids is 1. The summed E-state index contributed by atoms with van der Waals surface area (Å²) in [4.78, 5) is 25.7. The van der Waals surface area contributed by atoms with Gasteiger partial charge in [0.05, 0.1) is 5.92 Å². The number of hydrogen-bond donors (Lipinski definition) is 1. The molecule has 0 aromatic rings. The molecular weight excluding hydrogens is 262 g/mol. The molecule has 19 heavy (non-hydrogen) atoms. The van der Waals surface area contributed by atoms with E-state index in [1.165, 1.54) is 0 Å². The number of carboxylic acids is 1. The van der Waals surface area contributed by atoms with E-state index in [4.69, 9.17) is 5.11 Å². The van der Waals surface area contributed by atoms with Crippen LogP contribution in [0.15, 0.2) is 0 Å². The molecule has 1 saturated heterocycles. The molecule has 5 heteroatoms. The molecule has 2 rings (SSSR count). The largest absolute Gasteiger partial charge is 0.481 e. The lowest BCUT2D eigenvalue weighted by Gasteiger charge is -2.32. The van der Waals surface area contributed by atoms with Crippen molar-refractivity contribution in [3.63, 3.8) is 0 Å². The maximum Gasteiger partial charge on any atom is 0.306 e. The zero-order valence-corrected chi connectivity index (χ0v) is 12.3. The van der Waals surface area contributed by atoms with Gasteiger partial charge in [-0.25, -0.2) is 0 Å². The van der Waals surface area contributed by atoms with Crippen molar-refractivity contribution in [3.05, 3.63) is 0 Å². The van der Waals surface area contributed by atoms with E-state index < -0.39 is 5.97 Å². The van der Waals surface area contributed by atoms with Crippen molar-refractivity contribution in [2.45, 2.75) is 44.6 Å². The predicted molar refractivity (Wildman–Crippen MR) is 76.2 cm³/mol. The first kappa shape index (κ1) is 14.7. The summed E-state index contributed by atoms with van der Waals surface area (Å²) in [6.45, 7) is 0.859. The molecule has 4 nitrogen and oxygen atoms in total. The van der Waals surface area contributed by atoms with Crippen molar-refractivity contribution in [1.29, 1.82) is 0 Å². The highest BCUT2D eigenvalue weighted by Gasteiger charge is 2.36. The summed E-state index contributed by atoms with van der Waals surface area (Å²) in [5, 5.41) is 9.11. The zero-order valence-electron chi connectivity index (χ0n) is 11.5. The van der Waals surface area contributed by atoms with Gasteiger partial charge >= 0.3 is 5.97 Å². The molecular formula is C14H23NO3S. The fourth-order valence-electron chi connectivity index (χ4n) is 3.36. The Morgan fingerprint density at radius 2 is 1.95 bits per heavy atom. The van der Waals surface area contributed by atoms with Gasteiger partial charge in [-0.15, -0.1) is 0 Å². The average molecular weight is 285 g/mol. The number of carboxylic acid groups (broad SMARTS) is 1. The first-order valence-electron chi connectivity index (χ1n) is 7.15. The Balaban J connectivity index is 1.96. The maximum absolute atomic E-state index is 12.6. The molecule has 1 amide bonds. The Hall–Kier alpha value is -0.710. The Morgan fingerprint density at radius 3 is 2.63 bits per heavy atom. The summed E-state index contributed by atoms with van der Waals surface area (Å²) in [5.74, 6) is 0.101. The molecule has 0 radical (unpaired) electrons. The van der Waals surface area contributed by atoms with E-state index in [0.29, 0.717) is 12.5 Å². The number of amides is 1. The number of rotatable bonds is 4. The fourth-order valence-corrected chi connectivity index (χ4v) is 4.10. The second-order valence-electron chi connectivity index (χ2n) is 5.68. The van der Waals surface area contributed by atoms with Crippen LogP contribution in [0, 0.1) is 11.8 Å².